The summed E-state index contributed by atoms with van der Waals surface area (Å²) < 4.78 is 0. The van der Waals surface area contributed by atoms with Crippen LogP contribution in [-0.4, -0.2) is 55.2 Å². The molecule has 0 radical (unpaired) electrons. The van der Waals surface area contributed by atoms with Gasteiger partial charge in [-0.15, -0.1) is 0 Å². The quantitative estimate of drug-likeness (QED) is 0.523. The molecule has 1 heterocycles. The second-order valence-electron chi connectivity index (χ2n) is 8.72. The number of benzene rings is 3. The molecule has 0 bridgehead atoms. The Morgan fingerprint density at radius 1 is 0.848 bits per heavy atom. The van der Waals surface area contributed by atoms with E-state index in [-0.39, 0.29) is 5.91 Å². The predicted molar refractivity (Wildman–Crippen MR) is 133 cm³/mol. The molecule has 1 amide bonds. The Morgan fingerprint density at radius 3 is 1.94 bits per heavy atom. The molecule has 0 aliphatic carbocycles. The van der Waals surface area contributed by atoms with Gasteiger partial charge in [0.05, 0.1) is 0 Å². The van der Waals surface area contributed by atoms with E-state index in [4.69, 9.17) is 0 Å². The second-order valence-corrected chi connectivity index (χ2v) is 8.72. The van der Waals surface area contributed by atoms with Crippen molar-refractivity contribution < 1.29 is 9.90 Å². The third-order valence-electron chi connectivity index (χ3n) is 6.42. The highest BCUT2D eigenvalue weighted by atomic mass is 16.3. The van der Waals surface area contributed by atoms with Crippen molar-refractivity contribution in [3.63, 3.8) is 0 Å². The molecule has 33 heavy (non-hydrogen) atoms. The Kier molecular flexibility index (Phi) is 7.43. The zero-order chi connectivity index (χ0) is 23.1. The van der Waals surface area contributed by atoms with Gasteiger partial charge in [0.2, 0.25) is 0 Å². The number of hydrogen-bond acceptors (Lipinski definition) is 4. The Labute approximate surface area is 196 Å². The van der Waals surface area contributed by atoms with E-state index in [9.17, 15) is 9.90 Å². The Hall–Kier alpha value is -3.15. The van der Waals surface area contributed by atoms with E-state index in [1.54, 1.807) is 24.3 Å². The first-order valence-corrected chi connectivity index (χ1v) is 11.7. The zero-order valence-corrected chi connectivity index (χ0v) is 19.3. The molecule has 4 rings (SSSR count). The van der Waals surface area contributed by atoms with Crippen molar-refractivity contribution in [1.82, 2.24) is 10.2 Å². The number of hydrogen-bond donors (Lipinski definition) is 2. The summed E-state index contributed by atoms with van der Waals surface area (Å²) in [5.74, 6) is -0.385. The molecular formula is C28H33N3O2. The number of anilines is 1. The number of nitrogens with one attached hydrogen (secondary N) is 1. The van der Waals surface area contributed by atoms with Crippen LogP contribution in [0.4, 0.5) is 5.69 Å². The van der Waals surface area contributed by atoms with E-state index < -0.39 is 5.60 Å². The minimum Gasteiger partial charge on any atom is -0.372 e. The summed E-state index contributed by atoms with van der Waals surface area (Å²) in [4.78, 5) is 18.0. The molecular weight excluding hydrogens is 410 g/mol. The number of carbonyl (C=O) groups is 1. The Morgan fingerprint density at radius 2 is 1.39 bits per heavy atom. The predicted octanol–water partition coefficient (Wildman–Crippen LogP) is 3.56. The Bertz CT molecular complexity index is 975. The van der Waals surface area contributed by atoms with Crippen molar-refractivity contribution in [2.24, 2.45) is 0 Å². The van der Waals surface area contributed by atoms with Crippen LogP contribution in [0.1, 0.15) is 23.1 Å². The monoisotopic (exact) mass is 443 g/mol. The first-order valence-electron chi connectivity index (χ1n) is 11.7. The molecule has 172 valence electrons. The normalized spacial score (nSPS) is 14.8. The van der Waals surface area contributed by atoms with E-state index in [2.05, 4.69) is 46.3 Å². The van der Waals surface area contributed by atoms with Gasteiger partial charge in [-0.3, -0.25) is 9.69 Å². The van der Waals surface area contributed by atoms with Crippen LogP contribution in [0.5, 0.6) is 0 Å². The van der Waals surface area contributed by atoms with Gasteiger partial charge in [-0.1, -0.05) is 78.4 Å². The number of rotatable bonds is 8. The molecule has 1 aliphatic rings. The van der Waals surface area contributed by atoms with E-state index >= 15 is 0 Å². The smallest absolute Gasteiger partial charge is 0.261 e. The van der Waals surface area contributed by atoms with Crippen molar-refractivity contribution in [3.8, 4) is 0 Å². The number of aryl methyl sites for hydroxylation is 1. The summed E-state index contributed by atoms with van der Waals surface area (Å²) in [6.07, 6.45) is 0.843. The summed E-state index contributed by atoms with van der Waals surface area (Å²) in [7, 11) is 0. The van der Waals surface area contributed by atoms with Gasteiger partial charge in [-0.2, -0.15) is 0 Å². The Balaban J connectivity index is 1.28. The molecule has 5 nitrogen and oxygen atoms in total. The van der Waals surface area contributed by atoms with Crippen LogP contribution >= 0.6 is 0 Å². The lowest BCUT2D eigenvalue weighted by atomic mass is 9.85. The van der Waals surface area contributed by atoms with Crippen molar-refractivity contribution in [1.29, 1.82) is 0 Å². The molecule has 0 aromatic heterocycles. The highest BCUT2D eigenvalue weighted by molar-refractivity contribution is 5.90. The summed E-state index contributed by atoms with van der Waals surface area (Å²) in [6, 6.07) is 27.0. The lowest BCUT2D eigenvalue weighted by molar-refractivity contribution is -0.136. The van der Waals surface area contributed by atoms with E-state index in [1.807, 2.05) is 36.4 Å². The van der Waals surface area contributed by atoms with Gasteiger partial charge >= 0.3 is 0 Å². The second kappa shape index (κ2) is 10.6. The minimum absolute atomic E-state index is 0.385. The van der Waals surface area contributed by atoms with Crippen LogP contribution in [0.15, 0.2) is 84.9 Å². The van der Waals surface area contributed by atoms with Crippen LogP contribution in [0.2, 0.25) is 0 Å². The average molecular weight is 444 g/mol. The number of nitrogens with zero attached hydrogens (tertiary/aromatic N) is 2. The fourth-order valence-electron chi connectivity index (χ4n) is 4.41. The lowest BCUT2D eigenvalue weighted by Crippen LogP contribution is -2.48. The molecule has 0 atom stereocenters. The van der Waals surface area contributed by atoms with Gasteiger partial charge < -0.3 is 15.3 Å². The minimum atomic E-state index is -1.71. The summed E-state index contributed by atoms with van der Waals surface area (Å²) in [6.45, 7) is 7.62. The van der Waals surface area contributed by atoms with Crippen molar-refractivity contribution in [2.45, 2.75) is 18.9 Å². The highest BCUT2D eigenvalue weighted by Crippen LogP contribution is 2.29. The SMILES string of the molecule is Cc1ccc(N2CCN(CCCNC(=O)C(O)(c3ccccc3)c3ccccc3)CC2)cc1. The van der Waals surface area contributed by atoms with Crippen LogP contribution < -0.4 is 10.2 Å². The molecule has 1 aliphatic heterocycles. The number of amides is 1. The van der Waals surface area contributed by atoms with Gasteiger partial charge in [0.1, 0.15) is 0 Å². The van der Waals surface area contributed by atoms with E-state index in [0.29, 0.717) is 17.7 Å². The van der Waals surface area contributed by atoms with E-state index in [1.165, 1.54) is 11.3 Å². The number of aliphatic hydroxyl groups is 1. The van der Waals surface area contributed by atoms with E-state index in [0.717, 1.165) is 39.1 Å². The van der Waals surface area contributed by atoms with Gasteiger partial charge in [0, 0.05) is 38.4 Å². The van der Waals surface area contributed by atoms with Crippen LogP contribution in [0, 0.1) is 6.92 Å². The molecule has 3 aromatic carbocycles. The van der Waals surface area contributed by atoms with Crippen molar-refractivity contribution in [3.05, 3.63) is 102 Å². The third kappa shape index (κ3) is 5.44. The maximum absolute atomic E-state index is 13.2. The zero-order valence-electron chi connectivity index (χ0n) is 19.3. The number of carbonyl (C=O) groups excluding carboxylic acids is 1. The van der Waals surface area contributed by atoms with Gasteiger partial charge in [0.25, 0.3) is 5.91 Å². The third-order valence-corrected chi connectivity index (χ3v) is 6.42. The molecule has 1 saturated heterocycles. The first kappa shape index (κ1) is 23.0. The largest absolute Gasteiger partial charge is 0.372 e. The molecule has 5 heteroatoms. The molecule has 3 aromatic rings. The highest BCUT2D eigenvalue weighted by Gasteiger charge is 2.39. The lowest BCUT2D eigenvalue weighted by Gasteiger charge is -2.36. The van der Waals surface area contributed by atoms with Crippen LogP contribution in [-0.2, 0) is 10.4 Å². The first-order chi connectivity index (χ1) is 16.1. The molecule has 2 N–H and O–H groups in total. The van der Waals surface area contributed by atoms with Gasteiger partial charge in [0.15, 0.2) is 5.60 Å². The van der Waals surface area contributed by atoms with Crippen LogP contribution in [0.25, 0.3) is 0 Å². The molecule has 0 saturated carbocycles. The molecule has 0 spiro atoms. The fraction of sp³-hybridized carbons (Fsp3) is 0.321. The summed E-state index contributed by atoms with van der Waals surface area (Å²) in [5, 5.41) is 14.5. The summed E-state index contributed by atoms with van der Waals surface area (Å²) in [5.41, 5.74) is 2.00. The van der Waals surface area contributed by atoms with Crippen molar-refractivity contribution in [2.75, 3.05) is 44.2 Å². The standard InChI is InChI=1S/C28H33N3O2/c1-23-13-15-26(16-14-23)31-21-19-30(20-22-31)18-8-17-29-27(32)28(33,24-9-4-2-5-10-24)25-11-6-3-7-12-25/h2-7,9-16,33H,8,17-22H2,1H3,(H,29,32). The maximum atomic E-state index is 13.2. The molecule has 0 unspecified atom stereocenters. The fourth-order valence-corrected chi connectivity index (χ4v) is 4.41. The average Bonchev–Trinajstić information content (AvgIpc) is 2.88. The van der Waals surface area contributed by atoms with Crippen molar-refractivity contribution >= 4 is 11.6 Å². The van der Waals surface area contributed by atoms with Gasteiger partial charge in [-0.05, 0) is 43.1 Å². The van der Waals surface area contributed by atoms with Crippen LogP contribution in [0.3, 0.4) is 0 Å². The number of piperazine rings is 1. The summed E-state index contributed by atoms with van der Waals surface area (Å²) >= 11 is 0. The molecule has 1 fully saturated rings. The topological polar surface area (TPSA) is 55.8 Å². The maximum Gasteiger partial charge on any atom is 0.261 e. The van der Waals surface area contributed by atoms with Gasteiger partial charge in [-0.25, -0.2) is 0 Å².